The molecule has 0 bridgehead atoms. The molecule has 0 aromatic carbocycles. The second-order valence-electron chi connectivity index (χ2n) is 4.67. The number of piperazine rings is 1. The van der Waals surface area contributed by atoms with Crippen molar-refractivity contribution in [1.82, 2.24) is 9.80 Å². The molecule has 2 nitrogen and oxygen atoms in total. The van der Waals surface area contributed by atoms with Gasteiger partial charge in [-0.2, -0.15) is 0 Å². The lowest BCUT2D eigenvalue weighted by molar-refractivity contribution is 0.0844. The van der Waals surface area contributed by atoms with Crippen LogP contribution in [0, 0.1) is 6.92 Å². The van der Waals surface area contributed by atoms with E-state index in [1.54, 1.807) is 0 Å². The summed E-state index contributed by atoms with van der Waals surface area (Å²) in [6.07, 6.45) is 7.28. The second-order valence-corrected chi connectivity index (χ2v) is 4.67. The third-order valence-corrected chi connectivity index (χ3v) is 3.81. The Morgan fingerprint density at radius 1 is 0.929 bits per heavy atom. The van der Waals surface area contributed by atoms with Crippen LogP contribution in [0.1, 0.15) is 32.1 Å². The van der Waals surface area contributed by atoms with Gasteiger partial charge in [-0.05, 0) is 26.3 Å². The van der Waals surface area contributed by atoms with E-state index in [-0.39, 0.29) is 0 Å². The summed E-state index contributed by atoms with van der Waals surface area (Å²) in [6, 6.07) is 0.913. The fraction of sp³-hybridized carbons (Fsp3) is 0.917. The molecule has 1 saturated heterocycles. The molecule has 1 heterocycles. The van der Waals surface area contributed by atoms with Gasteiger partial charge in [0.25, 0.3) is 0 Å². The summed E-state index contributed by atoms with van der Waals surface area (Å²) < 4.78 is 0. The molecule has 2 aliphatic rings. The summed E-state index contributed by atoms with van der Waals surface area (Å²) in [5.41, 5.74) is 0. The normalized spacial score (nSPS) is 28.1. The highest BCUT2D eigenvalue weighted by Crippen LogP contribution is 2.23. The Kier molecular flexibility index (Phi) is 3.82. The van der Waals surface area contributed by atoms with Crippen LogP contribution in [0.4, 0.5) is 0 Å². The highest BCUT2D eigenvalue weighted by molar-refractivity contribution is 4.80. The van der Waals surface area contributed by atoms with Gasteiger partial charge in [-0.15, -0.1) is 0 Å². The van der Waals surface area contributed by atoms with Crippen LogP contribution >= 0.6 is 0 Å². The van der Waals surface area contributed by atoms with Gasteiger partial charge in [0.05, 0.1) is 0 Å². The van der Waals surface area contributed by atoms with E-state index in [0.29, 0.717) is 0 Å². The van der Waals surface area contributed by atoms with Gasteiger partial charge in [0.2, 0.25) is 0 Å². The van der Waals surface area contributed by atoms with Crippen molar-refractivity contribution in [1.29, 1.82) is 0 Å². The predicted molar refractivity (Wildman–Crippen MR) is 60.2 cm³/mol. The lowest BCUT2D eigenvalue weighted by atomic mass is 9.94. The first-order valence-electron chi connectivity index (χ1n) is 6.16. The van der Waals surface area contributed by atoms with Gasteiger partial charge in [0, 0.05) is 32.2 Å². The molecular weight excluding hydrogens is 172 g/mol. The number of hydrogen-bond donors (Lipinski definition) is 0. The van der Waals surface area contributed by atoms with Crippen LogP contribution < -0.4 is 0 Å². The van der Waals surface area contributed by atoms with Gasteiger partial charge < -0.3 is 4.90 Å². The predicted octanol–water partition coefficient (Wildman–Crippen LogP) is 1.77. The Bertz CT molecular complexity index is 156. The molecule has 1 saturated carbocycles. The Labute approximate surface area is 88.3 Å². The standard InChI is InChI=1S/C12H23N2/c1-2-13-8-10-14(11-9-13)12-6-4-3-5-7-12/h12H,1-11H2. The van der Waals surface area contributed by atoms with Crippen LogP contribution in [0.3, 0.4) is 0 Å². The quantitative estimate of drug-likeness (QED) is 0.662. The monoisotopic (exact) mass is 195 g/mol. The van der Waals surface area contributed by atoms with Crippen LogP contribution in [0.2, 0.25) is 0 Å². The van der Waals surface area contributed by atoms with Crippen LogP contribution in [0.25, 0.3) is 0 Å². The highest BCUT2D eigenvalue weighted by Gasteiger charge is 2.24. The van der Waals surface area contributed by atoms with Crippen molar-refractivity contribution in [3.8, 4) is 0 Å². The molecular formula is C12H23N2. The van der Waals surface area contributed by atoms with E-state index in [2.05, 4.69) is 16.7 Å². The molecule has 1 aliphatic heterocycles. The zero-order chi connectivity index (χ0) is 9.80. The molecule has 1 radical (unpaired) electrons. The van der Waals surface area contributed by atoms with E-state index in [4.69, 9.17) is 0 Å². The Hall–Kier alpha value is -0.0800. The Morgan fingerprint density at radius 2 is 1.57 bits per heavy atom. The summed E-state index contributed by atoms with van der Waals surface area (Å²) in [6.45, 7) is 9.97. The highest BCUT2D eigenvalue weighted by atomic mass is 15.3. The van der Waals surface area contributed by atoms with Gasteiger partial charge in [-0.25, -0.2) is 0 Å². The van der Waals surface area contributed by atoms with Crippen LogP contribution in [0.15, 0.2) is 0 Å². The fourth-order valence-electron chi connectivity index (χ4n) is 2.80. The van der Waals surface area contributed by atoms with Crippen molar-refractivity contribution in [3.05, 3.63) is 6.92 Å². The molecule has 0 aromatic rings. The zero-order valence-corrected chi connectivity index (χ0v) is 9.25. The molecule has 2 heteroatoms. The first kappa shape index (κ1) is 10.4. The minimum atomic E-state index is 0.913. The van der Waals surface area contributed by atoms with Gasteiger partial charge in [-0.3, -0.25) is 4.90 Å². The maximum atomic E-state index is 3.95. The van der Waals surface area contributed by atoms with E-state index < -0.39 is 0 Å². The molecule has 14 heavy (non-hydrogen) atoms. The molecule has 1 aliphatic carbocycles. The Balaban J connectivity index is 1.76. The molecule has 0 amide bonds. The van der Waals surface area contributed by atoms with Crippen LogP contribution in [-0.4, -0.2) is 48.6 Å². The SMILES string of the molecule is [CH2]CN1CCN(C2CCCCC2)CC1. The first-order chi connectivity index (χ1) is 6.90. The topological polar surface area (TPSA) is 6.48 Å². The maximum absolute atomic E-state index is 3.95. The largest absolute Gasteiger partial charge is 0.301 e. The van der Waals surface area contributed by atoms with Gasteiger partial charge in [0.1, 0.15) is 0 Å². The van der Waals surface area contributed by atoms with E-state index in [0.717, 1.165) is 12.6 Å². The smallest absolute Gasteiger partial charge is 0.0113 e. The van der Waals surface area contributed by atoms with Gasteiger partial charge >= 0.3 is 0 Å². The minimum Gasteiger partial charge on any atom is -0.301 e. The molecule has 2 fully saturated rings. The van der Waals surface area contributed by atoms with E-state index >= 15 is 0 Å². The third-order valence-electron chi connectivity index (χ3n) is 3.81. The molecule has 0 atom stereocenters. The molecule has 0 spiro atoms. The van der Waals surface area contributed by atoms with Crippen molar-refractivity contribution in [2.75, 3.05) is 32.7 Å². The van der Waals surface area contributed by atoms with Gasteiger partial charge in [0.15, 0.2) is 0 Å². The summed E-state index contributed by atoms with van der Waals surface area (Å²) in [5, 5.41) is 0. The van der Waals surface area contributed by atoms with Crippen molar-refractivity contribution >= 4 is 0 Å². The average molecular weight is 195 g/mol. The van der Waals surface area contributed by atoms with E-state index in [1.807, 2.05) is 0 Å². The average Bonchev–Trinajstić information content (AvgIpc) is 2.30. The second kappa shape index (κ2) is 5.13. The molecule has 0 N–H and O–H groups in total. The summed E-state index contributed by atoms with van der Waals surface area (Å²) in [7, 11) is 0. The summed E-state index contributed by atoms with van der Waals surface area (Å²) in [4.78, 5) is 5.17. The maximum Gasteiger partial charge on any atom is 0.0113 e. The molecule has 0 aromatic heterocycles. The number of nitrogens with zero attached hydrogens (tertiary/aromatic N) is 2. The first-order valence-corrected chi connectivity index (χ1v) is 6.16. The van der Waals surface area contributed by atoms with E-state index in [1.165, 1.54) is 58.3 Å². The Morgan fingerprint density at radius 3 is 2.14 bits per heavy atom. The molecule has 81 valence electrons. The van der Waals surface area contributed by atoms with Crippen molar-refractivity contribution in [2.45, 2.75) is 38.1 Å². The molecule has 0 unspecified atom stereocenters. The zero-order valence-electron chi connectivity index (χ0n) is 9.25. The minimum absolute atomic E-state index is 0.913. The lowest BCUT2D eigenvalue weighted by Crippen LogP contribution is -2.50. The summed E-state index contributed by atoms with van der Waals surface area (Å²) in [5.74, 6) is 0. The number of rotatable bonds is 2. The lowest BCUT2D eigenvalue weighted by Gasteiger charge is -2.40. The van der Waals surface area contributed by atoms with E-state index in [9.17, 15) is 0 Å². The molecule has 2 rings (SSSR count). The van der Waals surface area contributed by atoms with Crippen LogP contribution in [0.5, 0.6) is 0 Å². The third kappa shape index (κ3) is 2.48. The van der Waals surface area contributed by atoms with Crippen molar-refractivity contribution in [3.63, 3.8) is 0 Å². The van der Waals surface area contributed by atoms with Gasteiger partial charge in [-0.1, -0.05) is 19.3 Å². The fourth-order valence-corrected chi connectivity index (χ4v) is 2.80. The van der Waals surface area contributed by atoms with Crippen LogP contribution in [-0.2, 0) is 0 Å². The summed E-state index contributed by atoms with van der Waals surface area (Å²) >= 11 is 0. The van der Waals surface area contributed by atoms with Crippen molar-refractivity contribution in [2.24, 2.45) is 0 Å². The number of hydrogen-bond acceptors (Lipinski definition) is 2. The van der Waals surface area contributed by atoms with Crippen molar-refractivity contribution < 1.29 is 0 Å².